The molecule has 12 nitrogen and oxygen atoms in total. The molecular formula is C22H24N6O6. The number of carbonyl (C=O) groups is 5. The van der Waals surface area contributed by atoms with Crippen LogP contribution in [0.25, 0.3) is 0 Å². The minimum atomic E-state index is -1.53. The molecule has 0 spiro atoms. The molecule has 0 aromatic heterocycles. The fourth-order valence-corrected chi connectivity index (χ4v) is 2.84. The Morgan fingerprint density at radius 3 is 2.18 bits per heavy atom. The van der Waals surface area contributed by atoms with Crippen LogP contribution in [0, 0.1) is 5.41 Å². The number of anilines is 1. The molecule has 0 fully saturated rings. The maximum absolute atomic E-state index is 12.6. The van der Waals surface area contributed by atoms with Crippen LogP contribution in [0.5, 0.6) is 0 Å². The van der Waals surface area contributed by atoms with E-state index in [2.05, 4.69) is 16.0 Å². The van der Waals surface area contributed by atoms with Gasteiger partial charge in [-0.1, -0.05) is 18.2 Å². The van der Waals surface area contributed by atoms with Crippen LogP contribution in [0.2, 0.25) is 0 Å². The van der Waals surface area contributed by atoms with Crippen molar-refractivity contribution in [2.45, 2.75) is 12.5 Å². The van der Waals surface area contributed by atoms with E-state index in [1.165, 1.54) is 43.4 Å². The predicted octanol–water partition coefficient (Wildman–Crippen LogP) is -0.0199. The third-order valence-electron chi connectivity index (χ3n) is 4.44. The van der Waals surface area contributed by atoms with Gasteiger partial charge in [0.2, 0.25) is 11.8 Å². The number of nitrogens with one attached hydrogen (secondary N) is 4. The van der Waals surface area contributed by atoms with Gasteiger partial charge in [0.15, 0.2) is 5.96 Å². The van der Waals surface area contributed by atoms with Gasteiger partial charge in [0.25, 0.3) is 11.8 Å². The number of benzene rings is 2. The predicted molar refractivity (Wildman–Crippen MR) is 122 cm³/mol. The summed E-state index contributed by atoms with van der Waals surface area (Å²) < 4.78 is 0. The molecule has 7 N–H and O–H groups in total. The summed E-state index contributed by atoms with van der Waals surface area (Å²) in [5.41, 5.74) is 6.17. The van der Waals surface area contributed by atoms with Gasteiger partial charge in [-0.05, 0) is 36.4 Å². The Bertz CT molecular complexity index is 1090. The van der Waals surface area contributed by atoms with Crippen LogP contribution < -0.4 is 21.7 Å². The smallest absolute Gasteiger partial charge is 0.305 e. The van der Waals surface area contributed by atoms with Crippen molar-refractivity contribution in [1.29, 1.82) is 5.41 Å². The number of aliphatic carboxylic acids is 1. The van der Waals surface area contributed by atoms with Crippen LogP contribution in [0.3, 0.4) is 0 Å². The van der Waals surface area contributed by atoms with Gasteiger partial charge in [0.05, 0.1) is 13.0 Å². The SMILES string of the molecule is CN(CC(=O)N[C@@H](CC(=O)O)C(=O)NC(=O)c1ccccc1)C(=O)c1ccc(NC(=N)N)cc1. The summed E-state index contributed by atoms with van der Waals surface area (Å²) in [5.74, 6) is -4.67. The van der Waals surface area contributed by atoms with Gasteiger partial charge in [0.1, 0.15) is 6.04 Å². The zero-order chi connectivity index (χ0) is 25.3. The molecule has 2 rings (SSSR count). The van der Waals surface area contributed by atoms with E-state index in [0.717, 1.165) is 4.90 Å². The number of amides is 4. The molecule has 12 heteroatoms. The van der Waals surface area contributed by atoms with Crippen LogP contribution in [-0.2, 0) is 14.4 Å². The molecule has 2 aromatic carbocycles. The Balaban J connectivity index is 1.99. The summed E-state index contributed by atoms with van der Waals surface area (Å²) >= 11 is 0. The lowest BCUT2D eigenvalue weighted by Crippen LogP contribution is -2.51. The monoisotopic (exact) mass is 468 g/mol. The van der Waals surface area contributed by atoms with Gasteiger partial charge >= 0.3 is 5.97 Å². The highest BCUT2D eigenvalue weighted by Crippen LogP contribution is 2.11. The first-order valence-corrected chi connectivity index (χ1v) is 9.94. The number of carboxylic acid groups (broad SMARTS) is 1. The third kappa shape index (κ3) is 7.75. The number of carbonyl (C=O) groups excluding carboxylic acids is 4. The van der Waals surface area contributed by atoms with Crippen molar-refractivity contribution >= 4 is 41.2 Å². The summed E-state index contributed by atoms with van der Waals surface area (Å²) in [7, 11) is 1.36. The molecule has 0 saturated heterocycles. The molecule has 0 unspecified atom stereocenters. The first-order valence-electron chi connectivity index (χ1n) is 9.94. The van der Waals surface area contributed by atoms with Crippen molar-refractivity contribution in [1.82, 2.24) is 15.5 Å². The quantitative estimate of drug-likeness (QED) is 0.218. The van der Waals surface area contributed by atoms with Crippen LogP contribution in [0.1, 0.15) is 27.1 Å². The van der Waals surface area contributed by atoms with Crippen LogP contribution in [0.4, 0.5) is 5.69 Å². The van der Waals surface area contributed by atoms with Gasteiger partial charge in [0, 0.05) is 23.9 Å². The number of nitrogens with two attached hydrogens (primary N) is 1. The largest absolute Gasteiger partial charge is 0.481 e. The van der Waals surface area contributed by atoms with E-state index in [0.29, 0.717) is 5.69 Å². The van der Waals surface area contributed by atoms with Gasteiger partial charge in [-0.15, -0.1) is 0 Å². The summed E-state index contributed by atoms with van der Waals surface area (Å²) in [6, 6.07) is 12.3. The Morgan fingerprint density at radius 2 is 1.62 bits per heavy atom. The van der Waals surface area contributed by atoms with Gasteiger partial charge in [-0.2, -0.15) is 0 Å². The zero-order valence-corrected chi connectivity index (χ0v) is 18.2. The van der Waals surface area contributed by atoms with Crippen molar-refractivity contribution in [3.8, 4) is 0 Å². The van der Waals surface area contributed by atoms with Gasteiger partial charge in [-0.25, -0.2) is 0 Å². The van der Waals surface area contributed by atoms with Crippen LogP contribution in [0.15, 0.2) is 54.6 Å². The average molecular weight is 468 g/mol. The second kappa shape index (κ2) is 11.8. The van der Waals surface area contributed by atoms with E-state index in [1.807, 2.05) is 0 Å². The van der Waals surface area contributed by atoms with Crippen molar-refractivity contribution < 1.29 is 29.1 Å². The summed E-state index contributed by atoms with van der Waals surface area (Å²) in [6.07, 6.45) is -0.762. The molecule has 178 valence electrons. The lowest BCUT2D eigenvalue weighted by molar-refractivity contribution is -0.140. The number of hydrogen-bond donors (Lipinski definition) is 6. The molecule has 34 heavy (non-hydrogen) atoms. The Labute approximate surface area is 194 Å². The van der Waals surface area contributed by atoms with E-state index in [9.17, 15) is 24.0 Å². The van der Waals surface area contributed by atoms with Crippen molar-refractivity contribution in [3.05, 3.63) is 65.7 Å². The molecule has 0 aliphatic carbocycles. The molecule has 0 saturated carbocycles. The topological polar surface area (TPSA) is 195 Å². The van der Waals surface area contributed by atoms with Crippen molar-refractivity contribution in [2.75, 3.05) is 18.9 Å². The van der Waals surface area contributed by atoms with Gasteiger partial charge < -0.3 is 26.4 Å². The van der Waals surface area contributed by atoms with E-state index in [-0.39, 0.29) is 17.1 Å². The maximum atomic E-state index is 12.6. The molecule has 0 heterocycles. The molecule has 1 atom stereocenters. The average Bonchev–Trinajstić information content (AvgIpc) is 2.78. The Hall–Kier alpha value is -4.74. The number of imide groups is 1. The van der Waals surface area contributed by atoms with Crippen molar-refractivity contribution in [2.24, 2.45) is 5.73 Å². The van der Waals surface area contributed by atoms with E-state index in [1.54, 1.807) is 18.2 Å². The van der Waals surface area contributed by atoms with E-state index in [4.69, 9.17) is 16.2 Å². The second-order valence-corrected chi connectivity index (χ2v) is 7.18. The third-order valence-corrected chi connectivity index (χ3v) is 4.44. The minimum absolute atomic E-state index is 0.186. The fraction of sp³-hybridized carbons (Fsp3) is 0.182. The molecule has 0 aliphatic heterocycles. The van der Waals surface area contributed by atoms with Crippen molar-refractivity contribution in [3.63, 3.8) is 0 Å². The van der Waals surface area contributed by atoms with Crippen LogP contribution >= 0.6 is 0 Å². The highest BCUT2D eigenvalue weighted by molar-refractivity contribution is 6.07. The number of hydrogen-bond acceptors (Lipinski definition) is 6. The minimum Gasteiger partial charge on any atom is -0.481 e. The lowest BCUT2D eigenvalue weighted by Gasteiger charge is -2.20. The number of rotatable bonds is 9. The number of carboxylic acids is 1. The van der Waals surface area contributed by atoms with Gasteiger partial charge in [-0.3, -0.25) is 34.7 Å². The van der Waals surface area contributed by atoms with E-state index < -0.39 is 48.6 Å². The summed E-state index contributed by atoms with van der Waals surface area (Å²) in [5, 5.41) is 23.1. The fourth-order valence-electron chi connectivity index (χ4n) is 2.84. The molecule has 0 aliphatic rings. The maximum Gasteiger partial charge on any atom is 0.305 e. The highest BCUT2D eigenvalue weighted by atomic mass is 16.4. The normalized spacial score (nSPS) is 11.0. The highest BCUT2D eigenvalue weighted by Gasteiger charge is 2.26. The number of likely N-dealkylation sites (N-methyl/N-ethyl adjacent to an activating group) is 1. The number of guanidine groups is 1. The second-order valence-electron chi connectivity index (χ2n) is 7.18. The first kappa shape index (κ1) is 25.5. The Kier molecular flexibility index (Phi) is 8.83. The molecule has 4 amide bonds. The first-order chi connectivity index (χ1) is 16.1. The molecule has 2 aromatic rings. The molecule has 0 bridgehead atoms. The zero-order valence-electron chi connectivity index (χ0n) is 18.2. The molecule has 0 radical (unpaired) electrons. The van der Waals surface area contributed by atoms with E-state index >= 15 is 0 Å². The number of nitrogens with zero attached hydrogens (tertiary/aromatic N) is 1. The Morgan fingerprint density at radius 1 is 1.00 bits per heavy atom. The lowest BCUT2D eigenvalue weighted by atomic mass is 10.1. The summed E-state index contributed by atoms with van der Waals surface area (Å²) in [6.45, 7) is -0.470. The summed E-state index contributed by atoms with van der Waals surface area (Å²) in [4.78, 5) is 61.8. The molecular weight excluding hydrogens is 444 g/mol. The standard InChI is InChI=1S/C22H24N6O6/c1-28(21(34)14-7-9-15(10-8-14)25-22(23)24)12-17(29)26-16(11-18(30)31)20(33)27-19(32)13-5-3-2-4-6-13/h2-10,16H,11-12H2,1H3,(H,26,29)(H,30,31)(H4,23,24,25)(H,27,32,33)/t16-/m0/s1. The van der Waals surface area contributed by atoms with Crippen LogP contribution in [-0.4, -0.2) is 65.2 Å².